The number of aliphatic imine (C=N–C) groups is 1. The van der Waals surface area contributed by atoms with E-state index in [1.807, 2.05) is 45.9 Å². The van der Waals surface area contributed by atoms with Gasteiger partial charge in [0.2, 0.25) is 0 Å². The van der Waals surface area contributed by atoms with E-state index in [0.29, 0.717) is 5.96 Å². The van der Waals surface area contributed by atoms with E-state index in [4.69, 9.17) is 9.47 Å². The Balaban J connectivity index is 1.95. The first kappa shape index (κ1) is 20.9. The largest absolute Gasteiger partial charge is 0.495 e. The fraction of sp³-hybridized carbons (Fsp3) is 0.600. The van der Waals surface area contributed by atoms with Crippen LogP contribution in [0.2, 0.25) is 0 Å². The number of nitrogens with one attached hydrogen (secondary N) is 2. The van der Waals surface area contributed by atoms with Gasteiger partial charge in [-0.25, -0.2) is 4.99 Å². The van der Waals surface area contributed by atoms with E-state index in [1.54, 1.807) is 7.11 Å². The zero-order valence-corrected chi connectivity index (χ0v) is 17.0. The van der Waals surface area contributed by atoms with Crippen molar-refractivity contribution in [2.24, 2.45) is 4.99 Å². The number of guanidine groups is 1. The molecule has 150 valence electrons. The number of ether oxygens (including phenoxy) is 2. The molecule has 7 nitrogen and oxygen atoms in total. The zero-order valence-electron chi connectivity index (χ0n) is 17.0. The van der Waals surface area contributed by atoms with Crippen molar-refractivity contribution in [2.75, 3.05) is 38.2 Å². The molecule has 0 radical (unpaired) electrons. The van der Waals surface area contributed by atoms with Crippen LogP contribution in [0.3, 0.4) is 0 Å². The van der Waals surface area contributed by atoms with Crippen LogP contribution >= 0.6 is 0 Å². The number of para-hydroxylation sites is 2. The van der Waals surface area contributed by atoms with Gasteiger partial charge in [0.25, 0.3) is 0 Å². The number of nitrogens with zero attached hydrogens (tertiary/aromatic N) is 2. The van der Waals surface area contributed by atoms with E-state index in [1.165, 1.54) is 0 Å². The van der Waals surface area contributed by atoms with Gasteiger partial charge < -0.3 is 25.0 Å². The van der Waals surface area contributed by atoms with E-state index in [-0.39, 0.29) is 18.6 Å². The number of esters is 1. The lowest BCUT2D eigenvalue weighted by Gasteiger charge is -2.22. The van der Waals surface area contributed by atoms with Crippen molar-refractivity contribution in [1.82, 2.24) is 10.6 Å². The predicted molar refractivity (Wildman–Crippen MR) is 109 cm³/mol. The number of benzene rings is 1. The first-order valence-electron chi connectivity index (χ1n) is 9.47. The Bertz CT molecular complexity index is 655. The molecule has 1 aromatic carbocycles. The summed E-state index contributed by atoms with van der Waals surface area (Å²) in [5.41, 5.74) is 0.596. The Kier molecular flexibility index (Phi) is 7.33. The maximum atomic E-state index is 11.9. The predicted octanol–water partition coefficient (Wildman–Crippen LogP) is 2.17. The van der Waals surface area contributed by atoms with Crippen molar-refractivity contribution in [3.63, 3.8) is 0 Å². The molecule has 7 heteroatoms. The summed E-state index contributed by atoms with van der Waals surface area (Å²) in [7, 11) is 1.69. The molecule has 0 spiro atoms. The van der Waals surface area contributed by atoms with Crippen molar-refractivity contribution in [2.45, 2.75) is 45.8 Å². The highest BCUT2D eigenvalue weighted by atomic mass is 16.6. The molecule has 1 aliphatic rings. The standard InChI is InChI=1S/C20H32N4O3/c1-6-21-19(22-13-18(25)27-20(2,3)4)23-15-11-12-24(14-15)16-9-7-8-10-17(16)26-5/h7-10,15H,6,11-14H2,1-5H3,(H2,21,22,23). The third kappa shape index (κ3) is 6.66. The Labute approximate surface area is 162 Å². The molecule has 1 heterocycles. The molecule has 2 rings (SSSR count). The number of rotatable bonds is 6. The fourth-order valence-electron chi connectivity index (χ4n) is 3.02. The Morgan fingerprint density at radius 1 is 1.33 bits per heavy atom. The van der Waals surface area contributed by atoms with Crippen LogP contribution in [-0.2, 0) is 9.53 Å². The average Bonchev–Trinajstić information content (AvgIpc) is 3.06. The molecule has 1 atom stereocenters. The lowest BCUT2D eigenvalue weighted by molar-refractivity contribution is -0.152. The van der Waals surface area contributed by atoms with Crippen LogP contribution in [0.5, 0.6) is 5.75 Å². The molecule has 27 heavy (non-hydrogen) atoms. The van der Waals surface area contributed by atoms with Gasteiger partial charge in [-0.15, -0.1) is 0 Å². The Morgan fingerprint density at radius 2 is 2.07 bits per heavy atom. The van der Waals surface area contributed by atoms with E-state index in [9.17, 15) is 4.79 Å². The van der Waals surface area contributed by atoms with Crippen LogP contribution in [0, 0.1) is 0 Å². The summed E-state index contributed by atoms with van der Waals surface area (Å²) in [6.45, 7) is 10.1. The molecular formula is C20H32N4O3. The summed E-state index contributed by atoms with van der Waals surface area (Å²) >= 11 is 0. The van der Waals surface area contributed by atoms with Gasteiger partial charge in [-0.2, -0.15) is 0 Å². The van der Waals surface area contributed by atoms with E-state index < -0.39 is 5.60 Å². The molecule has 0 aliphatic carbocycles. The first-order chi connectivity index (χ1) is 12.8. The number of hydrogen-bond acceptors (Lipinski definition) is 5. The van der Waals surface area contributed by atoms with Gasteiger partial charge in [0.1, 0.15) is 17.9 Å². The monoisotopic (exact) mass is 376 g/mol. The summed E-state index contributed by atoms with van der Waals surface area (Å²) in [6, 6.07) is 8.28. The molecule has 0 bridgehead atoms. The quantitative estimate of drug-likeness (QED) is 0.450. The molecule has 1 saturated heterocycles. The van der Waals surface area contributed by atoms with Crippen LogP contribution in [0.25, 0.3) is 0 Å². The maximum Gasteiger partial charge on any atom is 0.328 e. The minimum absolute atomic E-state index is 0.00442. The Hall–Kier alpha value is -2.44. The van der Waals surface area contributed by atoms with Gasteiger partial charge in [-0.05, 0) is 46.2 Å². The molecule has 1 unspecified atom stereocenters. The van der Waals surface area contributed by atoms with Crippen molar-refractivity contribution < 1.29 is 14.3 Å². The van der Waals surface area contributed by atoms with Gasteiger partial charge in [0.15, 0.2) is 5.96 Å². The van der Waals surface area contributed by atoms with Gasteiger partial charge in [-0.3, -0.25) is 4.79 Å². The van der Waals surface area contributed by atoms with Crippen molar-refractivity contribution in [1.29, 1.82) is 0 Å². The number of anilines is 1. The Morgan fingerprint density at radius 3 is 2.74 bits per heavy atom. The molecule has 0 aromatic heterocycles. The normalized spacial score (nSPS) is 17.6. The minimum atomic E-state index is -0.501. The van der Waals surface area contributed by atoms with Crippen LogP contribution in [0.4, 0.5) is 5.69 Å². The second kappa shape index (κ2) is 9.48. The summed E-state index contributed by atoms with van der Waals surface area (Å²) in [6.07, 6.45) is 0.981. The van der Waals surface area contributed by atoms with Gasteiger partial charge in [-0.1, -0.05) is 12.1 Å². The number of carbonyl (C=O) groups excluding carboxylic acids is 1. The van der Waals surface area contributed by atoms with E-state index >= 15 is 0 Å². The van der Waals surface area contributed by atoms with Crippen molar-refractivity contribution in [3.05, 3.63) is 24.3 Å². The van der Waals surface area contributed by atoms with E-state index in [2.05, 4.69) is 26.6 Å². The van der Waals surface area contributed by atoms with Crippen molar-refractivity contribution in [3.8, 4) is 5.75 Å². The topological polar surface area (TPSA) is 75.2 Å². The summed E-state index contributed by atoms with van der Waals surface area (Å²) in [5, 5.41) is 6.61. The van der Waals surface area contributed by atoms with Crippen LogP contribution in [-0.4, -0.2) is 56.9 Å². The van der Waals surface area contributed by atoms with Gasteiger partial charge in [0, 0.05) is 25.7 Å². The molecule has 0 amide bonds. The summed E-state index contributed by atoms with van der Waals surface area (Å²) in [4.78, 5) is 18.6. The molecule has 2 N–H and O–H groups in total. The van der Waals surface area contributed by atoms with Crippen molar-refractivity contribution >= 4 is 17.6 Å². The highest BCUT2D eigenvalue weighted by Gasteiger charge is 2.25. The lowest BCUT2D eigenvalue weighted by Crippen LogP contribution is -2.45. The smallest absolute Gasteiger partial charge is 0.328 e. The highest BCUT2D eigenvalue weighted by molar-refractivity contribution is 5.83. The van der Waals surface area contributed by atoms with Gasteiger partial charge >= 0.3 is 5.97 Å². The first-order valence-corrected chi connectivity index (χ1v) is 9.47. The van der Waals surface area contributed by atoms with Crippen LogP contribution in [0.1, 0.15) is 34.1 Å². The second-order valence-electron chi connectivity index (χ2n) is 7.53. The zero-order chi connectivity index (χ0) is 19.9. The SMILES string of the molecule is CCNC(=NCC(=O)OC(C)(C)C)NC1CCN(c2ccccc2OC)C1. The van der Waals surface area contributed by atoms with Crippen LogP contribution < -0.4 is 20.3 Å². The summed E-state index contributed by atoms with van der Waals surface area (Å²) in [5.74, 6) is 1.18. The third-order valence-electron chi connectivity index (χ3n) is 4.09. The molecule has 1 aromatic rings. The minimum Gasteiger partial charge on any atom is -0.495 e. The molecule has 1 fully saturated rings. The van der Waals surface area contributed by atoms with Gasteiger partial charge in [0.05, 0.1) is 12.8 Å². The molecular weight excluding hydrogens is 344 g/mol. The highest BCUT2D eigenvalue weighted by Crippen LogP contribution is 2.30. The van der Waals surface area contributed by atoms with Crippen LogP contribution in [0.15, 0.2) is 29.3 Å². The molecule has 0 saturated carbocycles. The third-order valence-corrected chi connectivity index (χ3v) is 4.09. The molecule has 1 aliphatic heterocycles. The van der Waals surface area contributed by atoms with E-state index in [0.717, 1.165) is 37.5 Å². The number of hydrogen-bond donors (Lipinski definition) is 2. The fourth-order valence-corrected chi connectivity index (χ4v) is 3.02. The number of carbonyl (C=O) groups is 1. The average molecular weight is 377 g/mol. The summed E-state index contributed by atoms with van der Waals surface area (Å²) < 4.78 is 10.8. The second-order valence-corrected chi connectivity index (χ2v) is 7.53. The lowest BCUT2D eigenvalue weighted by atomic mass is 10.2. The maximum absolute atomic E-state index is 11.9. The number of methoxy groups -OCH3 is 1.